The van der Waals surface area contributed by atoms with Gasteiger partial charge in [0, 0.05) is 6.20 Å². The Morgan fingerprint density at radius 3 is 3.14 bits per heavy atom. The van der Waals surface area contributed by atoms with Crippen LogP contribution in [0, 0.1) is 6.92 Å². The molecule has 1 aromatic rings. The molecule has 0 amide bonds. The number of rotatable bonds is 1. The Kier molecular flexibility index (Phi) is 2.50. The van der Waals surface area contributed by atoms with E-state index < -0.39 is 0 Å². The summed E-state index contributed by atoms with van der Waals surface area (Å²) >= 11 is 5.07. The molecule has 14 heavy (non-hydrogen) atoms. The fourth-order valence-electron chi connectivity index (χ4n) is 2.13. The Balaban J connectivity index is 2.49. The van der Waals surface area contributed by atoms with Gasteiger partial charge in [-0.2, -0.15) is 0 Å². The molecule has 1 atom stereocenters. The van der Waals surface area contributed by atoms with Gasteiger partial charge in [-0.25, -0.2) is 0 Å². The minimum absolute atomic E-state index is 0.202. The normalized spacial score (nSPS) is 20.2. The summed E-state index contributed by atoms with van der Waals surface area (Å²) in [6, 6.07) is 2.06. The van der Waals surface area contributed by atoms with Gasteiger partial charge < -0.3 is 5.73 Å². The molecule has 0 radical (unpaired) electrons. The third kappa shape index (κ3) is 1.52. The smallest absolute Gasteiger partial charge is 0.0819 e. The summed E-state index contributed by atoms with van der Waals surface area (Å²) < 4.78 is 0. The second kappa shape index (κ2) is 3.65. The molecule has 0 saturated carbocycles. The fourth-order valence-corrected chi connectivity index (χ4v) is 2.36. The van der Waals surface area contributed by atoms with Gasteiger partial charge in [-0.05, 0) is 43.4 Å². The summed E-state index contributed by atoms with van der Waals surface area (Å²) in [6.07, 6.45) is 5.19. The van der Waals surface area contributed by atoms with E-state index >= 15 is 0 Å². The number of aromatic nitrogens is 1. The van der Waals surface area contributed by atoms with Gasteiger partial charge in [0.15, 0.2) is 0 Å². The van der Waals surface area contributed by atoms with E-state index in [1.807, 2.05) is 6.20 Å². The number of nitrogens with zero attached hydrogens (tertiary/aromatic N) is 1. The zero-order chi connectivity index (χ0) is 10.1. The summed E-state index contributed by atoms with van der Waals surface area (Å²) in [5, 5.41) is 0. The molecule has 3 heteroatoms. The molecule has 0 spiro atoms. The monoisotopic (exact) mass is 206 g/mol. The standard InChI is InChI=1S/C11H14N2S/c1-7-5-6-13-10-8(7)3-2-4-9(10)11(12)14/h5-6,9H,2-4H2,1H3,(H2,12,14)/t9-/m0/s1. The molecule has 1 aromatic heterocycles. The van der Waals surface area contributed by atoms with Crippen LogP contribution in [-0.4, -0.2) is 9.97 Å². The van der Waals surface area contributed by atoms with Crippen LogP contribution in [0.2, 0.25) is 0 Å². The predicted octanol–water partition coefficient (Wildman–Crippen LogP) is 2.10. The largest absolute Gasteiger partial charge is 0.393 e. The summed E-state index contributed by atoms with van der Waals surface area (Å²) in [7, 11) is 0. The Labute approximate surface area is 89.5 Å². The lowest BCUT2D eigenvalue weighted by Gasteiger charge is -2.24. The number of hydrogen-bond donors (Lipinski definition) is 1. The Morgan fingerprint density at radius 2 is 2.43 bits per heavy atom. The number of fused-ring (bicyclic) bond motifs is 1. The first-order valence-corrected chi connectivity index (χ1v) is 5.34. The molecule has 1 aliphatic rings. The van der Waals surface area contributed by atoms with Gasteiger partial charge >= 0.3 is 0 Å². The van der Waals surface area contributed by atoms with Crippen LogP contribution in [0.1, 0.15) is 35.6 Å². The third-order valence-electron chi connectivity index (χ3n) is 2.92. The summed E-state index contributed by atoms with van der Waals surface area (Å²) in [4.78, 5) is 5.00. The van der Waals surface area contributed by atoms with E-state index in [1.54, 1.807) is 0 Å². The van der Waals surface area contributed by atoms with Crippen LogP contribution in [0.25, 0.3) is 0 Å². The van der Waals surface area contributed by atoms with Crippen molar-refractivity contribution in [2.45, 2.75) is 32.1 Å². The number of nitrogens with two attached hydrogens (primary N) is 1. The van der Waals surface area contributed by atoms with Crippen LogP contribution in [0.5, 0.6) is 0 Å². The van der Waals surface area contributed by atoms with Crippen molar-refractivity contribution in [3.05, 3.63) is 29.1 Å². The Hall–Kier alpha value is -0.960. The first-order chi connectivity index (χ1) is 6.70. The highest BCUT2D eigenvalue weighted by atomic mass is 32.1. The first-order valence-electron chi connectivity index (χ1n) is 4.94. The maximum Gasteiger partial charge on any atom is 0.0819 e. The molecular weight excluding hydrogens is 192 g/mol. The number of hydrogen-bond acceptors (Lipinski definition) is 2. The molecule has 0 aliphatic heterocycles. The molecule has 1 heterocycles. The van der Waals surface area contributed by atoms with E-state index in [4.69, 9.17) is 18.0 Å². The van der Waals surface area contributed by atoms with Crippen molar-refractivity contribution in [1.29, 1.82) is 0 Å². The lowest BCUT2D eigenvalue weighted by Crippen LogP contribution is -2.24. The molecule has 0 saturated heterocycles. The summed E-state index contributed by atoms with van der Waals surface area (Å²) in [6.45, 7) is 2.13. The average Bonchev–Trinajstić information content (AvgIpc) is 2.17. The molecule has 0 aromatic carbocycles. The molecule has 0 fully saturated rings. The van der Waals surface area contributed by atoms with Gasteiger partial charge in [0.1, 0.15) is 0 Å². The van der Waals surface area contributed by atoms with E-state index in [-0.39, 0.29) is 5.92 Å². The van der Waals surface area contributed by atoms with Crippen LogP contribution in [-0.2, 0) is 6.42 Å². The first kappa shape index (κ1) is 9.59. The van der Waals surface area contributed by atoms with Crippen molar-refractivity contribution in [1.82, 2.24) is 4.98 Å². The Bertz CT molecular complexity index is 374. The molecule has 2 nitrogen and oxygen atoms in total. The zero-order valence-corrected chi connectivity index (χ0v) is 9.10. The van der Waals surface area contributed by atoms with Crippen LogP contribution in [0.15, 0.2) is 12.3 Å². The van der Waals surface area contributed by atoms with Gasteiger partial charge in [-0.1, -0.05) is 12.2 Å². The second-order valence-electron chi connectivity index (χ2n) is 3.84. The van der Waals surface area contributed by atoms with E-state index in [2.05, 4.69) is 18.0 Å². The van der Waals surface area contributed by atoms with Crippen molar-refractivity contribution in [2.75, 3.05) is 0 Å². The SMILES string of the molecule is Cc1ccnc2c1CCC[C@@H]2C(N)=S. The van der Waals surface area contributed by atoms with Crippen molar-refractivity contribution in [3.63, 3.8) is 0 Å². The predicted molar refractivity (Wildman–Crippen MR) is 61.4 cm³/mol. The van der Waals surface area contributed by atoms with Crippen molar-refractivity contribution < 1.29 is 0 Å². The molecular formula is C11H14N2S. The lowest BCUT2D eigenvalue weighted by atomic mass is 9.85. The highest BCUT2D eigenvalue weighted by Crippen LogP contribution is 2.31. The number of thiocarbonyl (C=S) groups is 1. The van der Waals surface area contributed by atoms with Crippen molar-refractivity contribution >= 4 is 17.2 Å². The fraction of sp³-hybridized carbons (Fsp3) is 0.455. The maximum absolute atomic E-state index is 5.72. The zero-order valence-electron chi connectivity index (χ0n) is 8.29. The van der Waals surface area contributed by atoms with E-state index in [0.717, 1.165) is 18.5 Å². The average molecular weight is 206 g/mol. The number of aryl methyl sites for hydroxylation is 1. The van der Waals surface area contributed by atoms with Gasteiger partial charge in [0.25, 0.3) is 0 Å². The van der Waals surface area contributed by atoms with Gasteiger partial charge in [0.2, 0.25) is 0 Å². The minimum Gasteiger partial charge on any atom is -0.393 e. The third-order valence-corrected chi connectivity index (χ3v) is 3.20. The molecule has 1 aliphatic carbocycles. The molecule has 2 rings (SSSR count). The lowest BCUT2D eigenvalue weighted by molar-refractivity contribution is 0.630. The van der Waals surface area contributed by atoms with Gasteiger partial charge in [-0.3, -0.25) is 4.98 Å². The van der Waals surface area contributed by atoms with Crippen LogP contribution in [0.3, 0.4) is 0 Å². The summed E-state index contributed by atoms with van der Waals surface area (Å²) in [5.74, 6) is 0.202. The van der Waals surface area contributed by atoms with Crippen LogP contribution < -0.4 is 5.73 Å². The van der Waals surface area contributed by atoms with E-state index in [0.29, 0.717) is 4.99 Å². The van der Waals surface area contributed by atoms with Crippen LogP contribution >= 0.6 is 12.2 Å². The molecule has 0 unspecified atom stereocenters. The van der Waals surface area contributed by atoms with Gasteiger partial charge in [-0.15, -0.1) is 0 Å². The van der Waals surface area contributed by atoms with Crippen molar-refractivity contribution in [3.8, 4) is 0 Å². The maximum atomic E-state index is 5.72. The molecule has 2 N–H and O–H groups in total. The summed E-state index contributed by atoms with van der Waals surface area (Å²) in [5.41, 5.74) is 9.51. The Morgan fingerprint density at radius 1 is 1.64 bits per heavy atom. The quantitative estimate of drug-likeness (QED) is 0.715. The minimum atomic E-state index is 0.202. The van der Waals surface area contributed by atoms with E-state index in [9.17, 15) is 0 Å². The highest BCUT2D eigenvalue weighted by Gasteiger charge is 2.24. The second-order valence-corrected chi connectivity index (χ2v) is 4.31. The molecule has 74 valence electrons. The van der Waals surface area contributed by atoms with E-state index in [1.165, 1.54) is 17.5 Å². The van der Waals surface area contributed by atoms with Crippen molar-refractivity contribution in [2.24, 2.45) is 5.73 Å². The molecule has 0 bridgehead atoms. The number of pyridine rings is 1. The van der Waals surface area contributed by atoms with Crippen LogP contribution in [0.4, 0.5) is 0 Å². The highest BCUT2D eigenvalue weighted by molar-refractivity contribution is 7.80. The van der Waals surface area contributed by atoms with Gasteiger partial charge in [0.05, 0.1) is 16.6 Å². The topological polar surface area (TPSA) is 38.9 Å².